The van der Waals surface area contributed by atoms with Gasteiger partial charge in [0.15, 0.2) is 0 Å². The Labute approximate surface area is 236 Å². The van der Waals surface area contributed by atoms with Gasteiger partial charge >= 0.3 is 0 Å². The minimum absolute atomic E-state index is 1.23. The van der Waals surface area contributed by atoms with E-state index < -0.39 is 0 Å². The van der Waals surface area contributed by atoms with Crippen molar-refractivity contribution in [2.45, 2.75) is 117 Å². The van der Waals surface area contributed by atoms with Crippen LogP contribution in [0, 0.1) is 0 Å². The van der Waals surface area contributed by atoms with Gasteiger partial charge in [0.05, 0.1) is 18.8 Å². The zero-order chi connectivity index (χ0) is 25.5. The van der Waals surface area contributed by atoms with E-state index in [1.807, 2.05) is 34.0 Å². The van der Waals surface area contributed by atoms with Crippen LogP contribution in [0.4, 0.5) is 0 Å². The molecule has 0 spiro atoms. The number of fused-ring (bicyclic) bond motifs is 7. The van der Waals surface area contributed by atoms with E-state index in [1.54, 1.807) is 0 Å². The van der Waals surface area contributed by atoms with Crippen LogP contribution in [0.3, 0.4) is 0 Å². The molecule has 0 unspecified atom stereocenters. The molecule has 0 amide bonds. The number of rotatable bonds is 16. The molecule has 3 heterocycles. The van der Waals surface area contributed by atoms with Gasteiger partial charge in [-0.25, -0.2) is 0 Å². The van der Waals surface area contributed by atoms with Gasteiger partial charge in [0.1, 0.15) is 0 Å². The van der Waals surface area contributed by atoms with Gasteiger partial charge in [0, 0.05) is 20.2 Å². The van der Waals surface area contributed by atoms with Crippen molar-refractivity contribution < 1.29 is 0 Å². The monoisotopic (exact) mass is 548 g/mol. The standard InChI is InChI=1S/C34H44S3/c1-3-5-7-9-11-13-15-17-25-19-21-27-29(23-25)35-33-31(27)37-32-28-22-20-26(24-30(28)36-34(32)33)18-16-14-12-10-8-6-4-2/h19-24H,3-18H2,1-2H3. The molecule has 2 aromatic carbocycles. The lowest BCUT2D eigenvalue weighted by atomic mass is 10.0. The minimum atomic E-state index is 1.23. The van der Waals surface area contributed by atoms with Gasteiger partial charge in [-0.1, -0.05) is 115 Å². The zero-order valence-electron chi connectivity index (χ0n) is 23.0. The first-order chi connectivity index (χ1) is 18.3. The first-order valence-corrected chi connectivity index (χ1v) is 17.5. The topological polar surface area (TPSA) is 0 Å². The van der Waals surface area contributed by atoms with Crippen LogP contribution in [-0.2, 0) is 12.8 Å². The summed E-state index contributed by atoms with van der Waals surface area (Å²) in [5.41, 5.74) is 3.05. The molecule has 0 saturated heterocycles. The highest BCUT2D eigenvalue weighted by molar-refractivity contribution is 7.43. The number of aryl methyl sites for hydroxylation is 2. The molecular formula is C34H44S3. The summed E-state index contributed by atoms with van der Waals surface area (Å²) < 4.78 is 9.05. The van der Waals surface area contributed by atoms with E-state index in [9.17, 15) is 0 Å². The molecule has 0 saturated carbocycles. The van der Waals surface area contributed by atoms with Gasteiger partial charge in [-0.2, -0.15) is 0 Å². The van der Waals surface area contributed by atoms with Crippen LogP contribution in [-0.4, -0.2) is 0 Å². The van der Waals surface area contributed by atoms with Gasteiger partial charge in [0.2, 0.25) is 0 Å². The highest BCUT2D eigenvalue weighted by Gasteiger charge is 2.17. The fourth-order valence-corrected chi connectivity index (χ4v) is 10.1. The van der Waals surface area contributed by atoms with Crippen molar-refractivity contribution >= 4 is 73.0 Å². The minimum Gasteiger partial charge on any atom is -0.133 e. The number of hydrogen-bond donors (Lipinski definition) is 0. The van der Waals surface area contributed by atoms with Gasteiger partial charge in [-0.15, -0.1) is 34.0 Å². The fourth-order valence-electron chi connectivity index (χ4n) is 5.72. The maximum absolute atomic E-state index is 2.49. The summed E-state index contributed by atoms with van der Waals surface area (Å²) in [6.07, 6.45) is 21.8. The van der Waals surface area contributed by atoms with E-state index in [0.29, 0.717) is 0 Å². The molecular weight excluding hydrogens is 505 g/mol. The summed E-state index contributed by atoms with van der Waals surface area (Å²) in [6, 6.07) is 14.6. The smallest absolute Gasteiger partial charge is 0.0642 e. The molecule has 37 heavy (non-hydrogen) atoms. The van der Waals surface area contributed by atoms with E-state index in [-0.39, 0.29) is 0 Å². The molecule has 0 N–H and O–H groups in total. The summed E-state index contributed by atoms with van der Waals surface area (Å²) in [5, 5.41) is 2.95. The molecule has 5 aromatic rings. The Bertz CT molecular complexity index is 1310. The number of thiophene rings is 3. The lowest BCUT2D eigenvalue weighted by Crippen LogP contribution is -1.86. The third kappa shape index (κ3) is 6.60. The van der Waals surface area contributed by atoms with Crippen LogP contribution in [0.15, 0.2) is 36.4 Å². The Hall–Kier alpha value is -1.42. The van der Waals surface area contributed by atoms with Crippen molar-refractivity contribution in [3.05, 3.63) is 47.5 Å². The Kier molecular flexibility index (Phi) is 9.97. The van der Waals surface area contributed by atoms with E-state index in [0.717, 1.165) is 0 Å². The largest absolute Gasteiger partial charge is 0.133 e. The number of hydrogen-bond acceptors (Lipinski definition) is 3. The molecule has 3 aromatic heterocycles. The van der Waals surface area contributed by atoms with Crippen molar-refractivity contribution in [2.75, 3.05) is 0 Å². The molecule has 0 atom stereocenters. The molecule has 0 aliphatic heterocycles. The van der Waals surface area contributed by atoms with Crippen molar-refractivity contribution in [1.29, 1.82) is 0 Å². The van der Waals surface area contributed by atoms with Gasteiger partial charge in [-0.05, 0) is 48.9 Å². The lowest BCUT2D eigenvalue weighted by molar-refractivity contribution is 0.589. The Morgan fingerprint density at radius 3 is 1.27 bits per heavy atom. The number of unbranched alkanes of at least 4 members (excludes halogenated alkanes) is 12. The molecule has 3 heteroatoms. The average molecular weight is 549 g/mol. The van der Waals surface area contributed by atoms with Crippen LogP contribution in [0.2, 0.25) is 0 Å². The molecule has 0 aliphatic carbocycles. The normalized spacial score (nSPS) is 12.2. The second-order valence-electron chi connectivity index (χ2n) is 11.0. The summed E-state index contributed by atoms with van der Waals surface area (Å²) in [6.45, 7) is 4.59. The fraction of sp³-hybridized carbons (Fsp3) is 0.529. The van der Waals surface area contributed by atoms with E-state index in [1.165, 1.54) is 153 Å². The molecule has 0 radical (unpaired) electrons. The zero-order valence-corrected chi connectivity index (χ0v) is 25.5. The van der Waals surface area contributed by atoms with E-state index in [2.05, 4.69) is 50.2 Å². The second-order valence-corrected chi connectivity index (χ2v) is 14.2. The van der Waals surface area contributed by atoms with Crippen molar-refractivity contribution in [3.63, 3.8) is 0 Å². The first-order valence-electron chi connectivity index (χ1n) is 15.1. The highest BCUT2D eigenvalue weighted by Crippen LogP contribution is 2.50. The average Bonchev–Trinajstić information content (AvgIpc) is 3.55. The van der Waals surface area contributed by atoms with Crippen LogP contribution < -0.4 is 0 Å². The van der Waals surface area contributed by atoms with Gasteiger partial charge < -0.3 is 0 Å². The van der Waals surface area contributed by atoms with Crippen molar-refractivity contribution in [2.24, 2.45) is 0 Å². The molecule has 0 bridgehead atoms. The van der Waals surface area contributed by atoms with Crippen LogP contribution in [0.5, 0.6) is 0 Å². The lowest BCUT2D eigenvalue weighted by Gasteiger charge is -2.03. The van der Waals surface area contributed by atoms with Crippen molar-refractivity contribution in [1.82, 2.24) is 0 Å². The van der Waals surface area contributed by atoms with Crippen LogP contribution in [0.25, 0.3) is 39.0 Å². The summed E-state index contributed by atoms with van der Waals surface area (Å²) in [7, 11) is 0. The van der Waals surface area contributed by atoms with Crippen molar-refractivity contribution in [3.8, 4) is 0 Å². The third-order valence-corrected chi connectivity index (χ3v) is 12.0. The molecule has 0 fully saturated rings. The maximum Gasteiger partial charge on any atom is 0.0642 e. The van der Waals surface area contributed by atoms with E-state index >= 15 is 0 Å². The molecule has 198 valence electrons. The SMILES string of the molecule is CCCCCCCCCc1ccc2c(c1)sc1c2sc2c3ccc(CCCCCCCCC)cc3sc21. The van der Waals surface area contributed by atoms with Crippen LogP contribution in [0.1, 0.15) is 115 Å². The summed E-state index contributed by atoms with van der Waals surface area (Å²) in [5.74, 6) is 0. The third-order valence-electron chi connectivity index (χ3n) is 7.97. The quantitative estimate of drug-likeness (QED) is 0.108. The first kappa shape index (κ1) is 27.2. The highest BCUT2D eigenvalue weighted by atomic mass is 32.1. The number of benzene rings is 2. The summed E-state index contributed by atoms with van der Waals surface area (Å²) in [4.78, 5) is 0. The Morgan fingerprint density at radius 1 is 0.432 bits per heavy atom. The maximum atomic E-state index is 2.49. The van der Waals surface area contributed by atoms with Crippen LogP contribution >= 0.6 is 34.0 Å². The van der Waals surface area contributed by atoms with Gasteiger partial charge in [-0.3, -0.25) is 0 Å². The van der Waals surface area contributed by atoms with E-state index in [4.69, 9.17) is 0 Å². The predicted molar refractivity (Wildman–Crippen MR) is 173 cm³/mol. The molecule has 5 rings (SSSR count). The Balaban J connectivity index is 1.24. The molecule has 0 nitrogen and oxygen atoms in total. The summed E-state index contributed by atoms with van der Waals surface area (Å²) >= 11 is 6.09. The second kappa shape index (κ2) is 13.6. The Morgan fingerprint density at radius 2 is 0.838 bits per heavy atom. The predicted octanol–water partition coefficient (Wildman–Crippen LogP) is 13.1. The van der Waals surface area contributed by atoms with Gasteiger partial charge in [0.25, 0.3) is 0 Å². The molecule has 0 aliphatic rings.